The molecule has 1 atom stereocenters. The molecule has 2 aromatic carbocycles. The van der Waals surface area contributed by atoms with Crippen LogP contribution in [-0.4, -0.2) is 19.6 Å². The van der Waals surface area contributed by atoms with Gasteiger partial charge in [-0.2, -0.15) is 0 Å². The molecule has 2 aromatic rings. The Bertz CT molecular complexity index is 719. The molecule has 0 bridgehead atoms. The van der Waals surface area contributed by atoms with E-state index in [1.54, 1.807) is 7.11 Å². The Hall–Kier alpha value is -2.47. The first-order chi connectivity index (χ1) is 11.5. The summed E-state index contributed by atoms with van der Waals surface area (Å²) in [6.45, 7) is 2.55. The molecule has 0 aliphatic carbocycles. The van der Waals surface area contributed by atoms with Gasteiger partial charge in [0.05, 0.1) is 6.61 Å². The van der Waals surface area contributed by atoms with Crippen LogP contribution in [0.25, 0.3) is 0 Å². The van der Waals surface area contributed by atoms with Gasteiger partial charge in [-0.05, 0) is 17.7 Å². The predicted molar refractivity (Wildman–Crippen MR) is 92.0 cm³/mol. The highest BCUT2D eigenvalue weighted by Crippen LogP contribution is 2.20. The van der Waals surface area contributed by atoms with Crippen molar-refractivity contribution in [3.8, 4) is 0 Å². The maximum absolute atomic E-state index is 13.8. The van der Waals surface area contributed by atoms with Crippen molar-refractivity contribution in [3.05, 3.63) is 65.2 Å². The van der Waals surface area contributed by atoms with E-state index in [2.05, 4.69) is 10.3 Å². The Morgan fingerprint density at radius 1 is 1.25 bits per heavy atom. The number of ether oxygens (including phenoxy) is 1. The first-order valence-electron chi connectivity index (χ1n) is 7.60. The van der Waals surface area contributed by atoms with Crippen molar-refractivity contribution in [2.45, 2.75) is 19.4 Å². The molecule has 0 heterocycles. The molecule has 0 aromatic heterocycles. The highest BCUT2D eigenvalue weighted by Gasteiger charge is 2.11. The van der Waals surface area contributed by atoms with Crippen LogP contribution in [0.2, 0.25) is 0 Å². The molecule has 0 fully saturated rings. The van der Waals surface area contributed by atoms with Gasteiger partial charge in [0.1, 0.15) is 11.6 Å². The fraction of sp³-hybridized carbons (Fsp3) is 0.278. The number of hydrogen-bond donors (Lipinski definition) is 2. The molecule has 6 heteroatoms. The molecule has 128 valence electrons. The van der Waals surface area contributed by atoms with Crippen molar-refractivity contribution >= 4 is 11.6 Å². The summed E-state index contributed by atoms with van der Waals surface area (Å²) in [4.78, 5) is 4.24. The summed E-state index contributed by atoms with van der Waals surface area (Å²) < 4.78 is 31.9. The van der Waals surface area contributed by atoms with Gasteiger partial charge in [-0.3, -0.25) is 4.99 Å². The lowest BCUT2D eigenvalue weighted by Crippen LogP contribution is -2.24. The normalized spacial score (nSPS) is 12.9. The zero-order valence-electron chi connectivity index (χ0n) is 13.7. The molecular formula is C18H21F2N3O. The molecule has 24 heavy (non-hydrogen) atoms. The monoisotopic (exact) mass is 333 g/mol. The lowest BCUT2D eigenvalue weighted by atomic mass is 10.0. The number of nitrogens with two attached hydrogens (primary N) is 1. The average Bonchev–Trinajstić information content (AvgIpc) is 2.55. The fourth-order valence-corrected chi connectivity index (χ4v) is 2.34. The van der Waals surface area contributed by atoms with E-state index < -0.39 is 11.6 Å². The number of aliphatic imine (C=N–C) groups is 1. The van der Waals surface area contributed by atoms with Gasteiger partial charge >= 0.3 is 0 Å². The summed E-state index contributed by atoms with van der Waals surface area (Å²) in [6.07, 6.45) is 0. The van der Waals surface area contributed by atoms with Gasteiger partial charge in [0.2, 0.25) is 0 Å². The van der Waals surface area contributed by atoms with Crippen molar-refractivity contribution in [3.63, 3.8) is 0 Å². The maximum Gasteiger partial charge on any atom is 0.193 e. The number of rotatable bonds is 6. The summed E-state index contributed by atoms with van der Waals surface area (Å²) >= 11 is 0. The third-order valence-electron chi connectivity index (χ3n) is 3.61. The van der Waals surface area contributed by atoms with Crippen LogP contribution >= 0.6 is 0 Å². The lowest BCUT2D eigenvalue weighted by molar-refractivity contribution is 0.185. The molecule has 0 saturated carbocycles. The van der Waals surface area contributed by atoms with Crippen molar-refractivity contribution in [2.75, 3.05) is 19.0 Å². The summed E-state index contributed by atoms with van der Waals surface area (Å²) in [5.41, 5.74) is 8.07. The fourth-order valence-electron chi connectivity index (χ4n) is 2.34. The van der Waals surface area contributed by atoms with E-state index in [0.717, 1.165) is 17.3 Å². The van der Waals surface area contributed by atoms with Crippen LogP contribution in [0, 0.1) is 11.6 Å². The second-order valence-corrected chi connectivity index (χ2v) is 5.51. The topological polar surface area (TPSA) is 59.6 Å². The van der Waals surface area contributed by atoms with E-state index in [1.165, 1.54) is 12.1 Å². The van der Waals surface area contributed by atoms with E-state index in [0.29, 0.717) is 12.2 Å². The number of anilines is 1. The Labute approximate surface area is 140 Å². The molecule has 1 unspecified atom stereocenters. The summed E-state index contributed by atoms with van der Waals surface area (Å²) in [6, 6.07) is 11.1. The summed E-state index contributed by atoms with van der Waals surface area (Å²) in [5, 5.41) is 3.02. The van der Waals surface area contributed by atoms with E-state index in [9.17, 15) is 8.78 Å². The van der Waals surface area contributed by atoms with Gasteiger partial charge < -0.3 is 15.8 Å². The third kappa shape index (κ3) is 4.76. The molecule has 0 aliphatic rings. The Morgan fingerprint density at radius 3 is 2.71 bits per heavy atom. The number of methoxy groups -OCH3 is 1. The molecule has 0 radical (unpaired) electrons. The molecule has 4 nitrogen and oxygen atoms in total. The minimum Gasteiger partial charge on any atom is -0.380 e. The Morgan fingerprint density at radius 2 is 2.00 bits per heavy atom. The van der Waals surface area contributed by atoms with Crippen molar-refractivity contribution < 1.29 is 13.5 Å². The van der Waals surface area contributed by atoms with Gasteiger partial charge in [-0.25, -0.2) is 8.78 Å². The zero-order valence-corrected chi connectivity index (χ0v) is 13.7. The van der Waals surface area contributed by atoms with Crippen LogP contribution in [0.15, 0.2) is 47.5 Å². The quantitative estimate of drug-likeness (QED) is 0.627. The highest BCUT2D eigenvalue weighted by atomic mass is 19.1. The number of nitrogens with zero attached hydrogens (tertiary/aromatic N) is 1. The van der Waals surface area contributed by atoms with E-state index >= 15 is 0 Å². The number of benzene rings is 2. The second kappa shape index (κ2) is 8.40. The number of para-hydroxylation sites is 1. The third-order valence-corrected chi connectivity index (χ3v) is 3.61. The maximum atomic E-state index is 13.8. The van der Waals surface area contributed by atoms with Crippen molar-refractivity contribution in [1.29, 1.82) is 0 Å². The zero-order chi connectivity index (χ0) is 17.5. The smallest absolute Gasteiger partial charge is 0.193 e. The lowest BCUT2D eigenvalue weighted by Gasteiger charge is -2.13. The van der Waals surface area contributed by atoms with Gasteiger partial charge in [-0.15, -0.1) is 0 Å². The van der Waals surface area contributed by atoms with Crippen LogP contribution < -0.4 is 11.1 Å². The van der Waals surface area contributed by atoms with Gasteiger partial charge in [0.15, 0.2) is 5.96 Å². The molecule has 0 saturated heterocycles. The Kier molecular flexibility index (Phi) is 6.26. The van der Waals surface area contributed by atoms with E-state index in [1.807, 2.05) is 31.2 Å². The van der Waals surface area contributed by atoms with Gasteiger partial charge in [-0.1, -0.05) is 31.2 Å². The Balaban J connectivity index is 2.03. The molecule has 3 N–H and O–H groups in total. The van der Waals surface area contributed by atoms with Gasteiger partial charge in [0, 0.05) is 36.9 Å². The second-order valence-electron chi connectivity index (χ2n) is 5.51. The van der Waals surface area contributed by atoms with E-state index in [-0.39, 0.29) is 18.4 Å². The number of hydrogen-bond acceptors (Lipinski definition) is 2. The van der Waals surface area contributed by atoms with E-state index in [4.69, 9.17) is 10.5 Å². The van der Waals surface area contributed by atoms with Crippen LogP contribution in [0.5, 0.6) is 0 Å². The molecule has 0 amide bonds. The van der Waals surface area contributed by atoms with Crippen LogP contribution in [0.1, 0.15) is 24.0 Å². The average molecular weight is 333 g/mol. The number of guanidine groups is 1. The minimum absolute atomic E-state index is 0.222. The molecular weight excluding hydrogens is 312 g/mol. The van der Waals surface area contributed by atoms with Crippen molar-refractivity contribution in [2.24, 2.45) is 10.7 Å². The van der Waals surface area contributed by atoms with Crippen LogP contribution in [-0.2, 0) is 11.3 Å². The summed E-state index contributed by atoms with van der Waals surface area (Å²) in [7, 11) is 1.62. The number of nitrogens with one attached hydrogen (secondary N) is 1. The van der Waals surface area contributed by atoms with Crippen molar-refractivity contribution in [1.82, 2.24) is 0 Å². The molecule has 2 rings (SSSR count). The molecule has 0 aliphatic heterocycles. The SMILES string of the molecule is COCc1ccccc1NC(N)=NCC(C)c1ccc(F)cc1F. The molecule has 0 spiro atoms. The predicted octanol–water partition coefficient (Wildman–Crippen LogP) is 3.64. The van der Waals surface area contributed by atoms with Crippen LogP contribution in [0.3, 0.4) is 0 Å². The minimum atomic E-state index is -0.595. The largest absolute Gasteiger partial charge is 0.380 e. The first-order valence-corrected chi connectivity index (χ1v) is 7.60. The number of halogens is 2. The van der Waals surface area contributed by atoms with Gasteiger partial charge in [0.25, 0.3) is 0 Å². The van der Waals surface area contributed by atoms with Crippen LogP contribution in [0.4, 0.5) is 14.5 Å². The standard InChI is InChI=1S/C18H21F2N3O/c1-12(15-8-7-14(19)9-16(15)20)10-22-18(21)23-17-6-4-3-5-13(17)11-24-2/h3-9,12H,10-11H2,1-2H3,(H3,21,22,23). The summed E-state index contributed by atoms with van der Waals surface area (Å²) in [5.74, 6) is -1.16. The highest BCUT2D eigenvalue weighted by molar-refractivity contribution is 5.93. The first kappa shape index (κ1) is 17.9.